The zero-order chi connectivity index (χ0) is 78.4. The summed E-state index contributed by atoms with van der Waals surface area (Å²) in [5.74, 6) is 8.63. The van der Waals surface area contributed by atoms with Gasteiger partial charge < -0.3 is 49.8 Å². The van der Waals surface area contributed by atoms with Crippen LogP contribution in [0.3, 0.4) is 0 Å². The zero-order valence-electron chi connectivity index (χ0n) is 64.3. The highest BCUT2D eigenvalue weighted by Gasteiger charge is 2.17. The van der Waals surface area contributed by atoms with Gasteiger partial charge in [0, 0.05) is 40.8 Å². The second-order valence-corrected chi connectivity index (χ2v) is 29.5. The lowest BCUT2D eigenvalue weighted by molar-refractivity contribution is 1.16. The standard InChI is InChI=1S/C41H29N9.C29H22N6.C14H12N6.C9H10N2/c1-22-3-12-34(42-21-22)41-47-33-16-11-29(20-38(33)50-41)28-10-15-32-37(19-28)49-40(46-32)25-6-4-24(5-7-25)39-45-31-14-9-27(18-36(31)48-39)26-8-13-30-35(17-26)44-23(2)43-30;1-16-30-23-9-6-19(13-26(23)32-16)18-4-3-5-22(12-18)29-34-25-11-8-21(15-28(25)35-29)20-7-10-24-27(14-20)33-17(2)31-24;1-7-3-9(6-15-5-7)12-18-11-4-10-13(17-8(2)16-10)20-14(11)19-12;1-6-3-4-8-9(5-6)11-7(2)10-8/h3-21H,1-2H3,(H,43,44)(H,45,48)(H,46,49)(H,47,50);3-15H,1-2H3,(H,30,32)(H,31,33)(H,34,35);3-6H,1-2H3,(H2,16,17,18,19,20);3-5H,1-2H3,(H,10,11). The first kappa shape index (κ1) is 69.5. The first-order chi connectivity index (χ1) is 56.5. The highest BCUT2D eigenvalue weighted by atomic mass is 15.1. The van der Waals surface area contributed by atoms with Crippen molar-refractivity contribution in [1.82, 2.24) is 115 Å². The Balaban J connectivity index is 0.000000113. The molecule has 10 N–H and O–H groups in total. The van der Waals surface area contributed by atoms with Crippen LogP contribution in [0.1, 0.15) is 45.8 Å². The second-order valence-electron chi connectivity index (χ2n) is 29.5. The van der Waals surface area contributed by atoms with Gasteiger partial charge in [-0.25, -0.2) is 54.8 Å². The summed E-state index contributed by atoms with van der Waals surface area (Å²) in [7, 11) is 0. The molecule has 0 bridgehead atoms. The van der Waals surface area contributed by atoms with Crippen molar-refractivity contribution in [2.45, 2.75) is 55.4 Å². The third-order valence-electron chi connectivity index (χ3n) is 20.7. The van der Waals surface area contributed by atoms with Gasteiger partial charge in [-0.2, -0.15) is 0 Å². The van der Waals surface area contributed by atoms with Crippen molar-refractivity contribution in [2.75, 3.05) is 0 Å². The number of hydrogen-bond acceptors (Lipinski definition) is 13. The van der Waals surface area contributed by atoms with Crippen LogP contribution in [-0.2, 0) is 0 Å². The van der Waals surface area contributed by atoms with Gasteiger partial charge in [0.2, 0.25) is 0 Å². The molecule has 0 unspecified atom stereocenters. The molecule has 0 atom stereocenters. The lowest BCUT2D eigenvalue weighted by atomic mass is 10.0. The van der Waals surface area contributed by atoms with E-state index in [0.29, 0.717) is 11.3 Å². The van der Waals surface area contributed by atoms with Crippen molar-refractivity contribution in [1.29, 1.82) is 0 Å². The fourth-order valence-electron chi connectivity index (χ4n) is 15.0. The van der Waals surface area contributed by atoms with Crippen LogP contribution >= 0.6 is 0 Å². The molecule has 116 heavy (non-hydrogen) atoms. The van der Waals surface area contributed by atoms with Crippen molar-refractivity contribution < 1.29 is 0 Å². The molecule has 0 aliphatic heterocycles. The van der Waals surface area contributed by atoms with Crippen LogP contribution in [0.5, 0.6) is 0 Å². The molecule has 23 aromatic rings. The Morgan fingerprint density at radius 1 is 0.190 bits per heavy atom. The minimum Gasteiger partial charge on any atom is -0.342 e. The SMILES string of the molecule is Cc1ccc(-c2nc3cc(-c4ccc5nc(-c6ccc(-c7nc8cc(-c9ccc%10nc(C)[nH]c%10c9)ccc8[nH]7)cc6)[nH]c5c4)ccc3[nH]2)nc1.Cc1ccc2nc(C)[nH]c2c1.Cc1cncc(-c2nc3nc4nc(C)[nH]c4cc3[nH]2)c1.Cc1nc2ccc(-c3cccc(-c4nc5ccc(-c6ccc7nc(C)[nH]c7c6)cc5[nH]4)c3)cc2[nH]1. The lowest BCUT2D eigenvalue weighted by Crippen LogP contribution is -1.85. The molecule has 0 saturated heterocycles. The number of hydrogen-bond donors (Lipinski definition) is 10. The fraction of sp³-hybridized carbons (Fsp3) is 0.0860. The molecule has 0 aliphatic carbocycles. The molecule has 0 aliphatic rings. The quantitative estimate of drug-likeness (QED) is 0.0643. The predicted molar refractivity (Wildman–Crippen MR) is 462 cm³/mol. The Labute approximate surface area is 661 Å². The van der Waals surface area contributed by atoms with E-state index in [1.807, 2.05) is 91.2 Å². The first-order valence-electron chi connectivity index (χ1n) is 38.1. The molecular formula is C93H73N23. The molecule has 13 heterocycles. The number of benzene rings is 10. The van der Waals surface area contributed by atoms with Gasteiger partial charge in [-0.05, 0) is 238 Å². The van der Waals surface area contributed by atoms with Gasteiger partial charge in [-0.1, -0.05) is 97.1 Å². The molecule has 13 aromatic heterocycles. The molecule has 23 nitrogen and oxygen atoms in total. The number of nitrogens with zero attached hydrogens (tertiary/aromatic N) is 13. The highest BCUT2D eigenvalue weighted by Crippen LogP contribution is 2.36. The fourth-order valence-corrected chi connectivity index (χ4v) is 15.0. The number of nitrogens with one attached hydrogen (secondary N) is 10. The summed E-state index contributed by atoms with van der Waals surface area (Å²) in [5, 5.41) is 0. The summed E-state index contributed by atoms with van der Waals surface area (Å²) >= 11 is 0. The normalized spacial score (nSPS) is 11.6. The van der Waals surface area contributed by atoms with Crippen molar-refractivity contribution in [2.24, 2.45) is 0 Å². The van der Waals surface area contributed by atoms with Crippen LogP contribution in [0.4, 0.5) is 0 Å². The Morgan fingerprint density at radius 3 is 1.07 bits per heavy atom. The largest absolute Gasteiger partial charge is 0.342 e. The van der Waals surface area contributed by atoms with Gasteiger partial charge in [0.1, 0.15) is 58.1 Å². The summed E-state index contributed by atoms with van der Waals surface area (Å²) in [6.45, 7) is 15.9. The van der Waals surface area contributed by atoms with Gasteiger partial charge in [-0.15, -0.1) is 0 Å². The van der Waals surface area contributed by atoms with E-state index >= 15 is 0 Å². The topological polar surface area (TPSA) is 325 Å². The van der Waals surface area contributed by atoms with Crippen LogP contribution in [0.2, 0.25) is 0 Å². The lowest BCUT2D eigenvalue weighted by Gasteiger charge is -2.04. The third kappa shape index (κ3) is 13.8. The van der Waals surface area contributed by atoms with E-state index in [0.717, 1.165) is 241 Å². The minimum absolute atomic E-state index is 0.667. The molecular weight excluding hydrogens is 1440 g/mol. The van der Waals surface area contributed by atoms with Crippen molar-refractivity contribution in [3.63, 3.8) is 0 Å². The number of pyridine rings is 3. The maximum Gasteiger partial charge on any atom is 0.180 e. The summed E-state index contributed by atoms with van der Waals surface area (Å²) in [6, 6.07) is 75.3. The van der Waals surface area contributed by atoms with E-state index in [1.165, 1.54) is 5.56 Å². The van der Waals surface area contributed by atoms with Crippen molar-refractivity contribution >= 4 is 111 Å². The van der Waals surface area contributed by atoms with E-state index in [1.54, 1.807) is 6.20 Å². The molecule has 0 spiro atoms. The minimum atomic E-state index is 0.667. The number of H-pyrrole nitrogens is 10. The Kier molecular flexibility index (Phi) is 17.0. The Bertz CT molecular complexity index is 7670. The summed E-state index contributed by atoms with van der Waals surface area (Å²) in [4.78, 5) is 93.0. The molecule has 0 fully saturated rings. The van der Waals surface area contributed by atoms with Crippen LogP contribution in [0.15, 0.2) is 237 Å². The average Bonchev–Trinajstić information content (AvgIpc) is 1.63. The number of imidazole rings is 10. The van der Waals surface area contributed by atoms with Crippen LogP contribution in [0.25, 0.3) is 212 Å². The van der Waals surface area contributed by atoms with Crippen molar-refractivity contribution in [3.05, 3.63) is 283 Å². The number of rotatable bonds is 9. The average molecular weight is 1510 g/mol. The monoisotopic (exact) mass is 1510 g/mol. The zero-order valence-corrected chi connectivity index (χ0v) is 64.3. The molecule has 0 radical (unpaired) electrons. The number of aromatic nitrogens is 23. The van der Waals surface area contributed by atoms with E-state index in [4.69, 9.17) is 19.9 Å². The summed E-state index contributed by atoms with van der Waals surface area (Å²) in [6.07, 6.45) is 5.47. The van der Waals surface area contributed by atoms with E-state index in [2.05, 4.69) is 290 Å². The Morgan fingerprint density at radius 2 is 0.552 bits per heavy atom. The summed E-state index contributed by atoms with van der Waals surface area (Å²) in [5.41, 5.74) is 36.3. The van der Waals surface area contributed by atoms with Gasteiger partial charge in [0.25, 0.3) is 0 Å². The number of fused-ring (bicyclic) bond motifs is 10. The molecule has 0 saturated carbocycles. The van der Waals surface area contributed by atoms with Gasteiger partial charge in [0.05, 0.1) is 99.3 Å². The van der Waals surface area contributed by atoms with Crippen LogP contribution < -0.4 is 0 Å². The van der Waals surface area contributed by atoms with E-state index < -0.39 is 0 Å². The van der Waals surface area contributed by atoms with Gasteiger partial charge in [-0.3, -0.25) is 9.97 Å². The van der Waals surface area contributed by atoms with Gasteiger partial charge >= 0.3 is 0 Å². The maximum absolute atomic E-state index is 4.94. The molecule has 560 valence electrons. The smallest absolute Gasteiger partial charge is 0.180 e. The van der Waals surface area contributed by atoms with E-state index in [9.17, 15) is 0 Å². The Hall–Kier alpha value is -15.7. The number of aromatic amines is 10. The maximum atomic E-state index is 4.94. The summed E-state index contributed by atoms with van der Waals surface area (Å²) < 4.78 is 0. The van der Waals surface area contributed by atoms with E-state index in [-0.39, 0.29) is 0 Å². The predicted octanol–water partition coefficient (Wildman–Crippen LogP) is 21.2. The molecule has 0 amide bonds. The van der Waals surface area contributed by atoms with Crippen LogP contribution in [0, 0.1) is 55.4 Å². The van der Waals surface area contributed by atoms with Crippen LogP contribution in [-0.4, -0.2) is 115 Å². The highest BCUT2D eigenvalue weighted by molar-refractivity contribution is 5.94. The first-order valence-corrected chi connectivity index (χ1v) is 38.1. The molecule has 23 heteroatoms. The second kappa shape index (κ2) is 28.3. The molecule has 10 aromatic carbocycles. The van der Waals surface area contributed by atoms with Gasteiger partial charge in [0.15, 0.2) is 17.1 Å². The third-order valence-corrected chi connectivity index (χ3v) is 20.7. The molecule has 23 rings (SSSR count). The number of aryl methyl sites for hydroxylation is 8. The van der Waals surface area contributed by atoms with Crippen molar-refractivity contribution in [3.8, 4) is 102 Å².